The lowest BCUT2D eigenvalue weighted by Gasteiger charge is -2.32. The van der Waals surface area contributed by atoms with Crippen molar-refractivity contribution in [3.63, 3.8) is 0 Å². The van der Waals surface area contributed by atoms with E-state index in [4.69, 9.17) is 4.74 Å². The molecule has 1 aliphatic heterocycles. The number of fused-ring (bicyclic) bond motifs is 1. The van der Waals surface area contributed by atoms with Crippen molar-refractivity contribution in [3.05, 3.63) is 35.9 Å². The lowest BCUT2D eigenvalue weighted by atomic mass is 9.79. The van der Waals surface area contributed by atoms with Gasteiger partial charge in [0, 0.05) is 39.5 Å². The van der Waals surface area contributed by atoms with Crippen molar-refractivity contribution in [2.24, 2.45) is 11.8 Å². The first-order chi connectivity index (χ1) is 12.5. The number of likely N-dealkylation sites (N-methyl/N-ethyl adjacent to an activating group) is 1. The van der Waals surface area contributed by atoms with Crippen LogP contribution in [0.5, 0.6) is 0 Å². The van der Waals surface area contributed by atoms with Gasteiger partial charge in [-0.3, -0.25) is 9.59 Å². The summed E-state index contributed by atoms with van der Waals surface area (Å²) in [5.41, 5.74) is 1.21. The first kappa shape index (κ1) is 18.9. The molecule has 0 spiro atoms. The van der Waals surface area contributed by atoms with E-state index in [1.165, 1.54) is 5.56 Å². The van der Waals surface area contributed by atoms with E-state index in [0.29, 0.717) is 18.3 Å². The van der Waals surface area contributed by atoms with E-state index in [1.807, 2.05) is 23.1 Å². The van der Waals surface area contributed by atoms with Crippen molar-refractivity contribution in [1.29, 1.82) is 0 Å². The largest absolute Gasteiger partial charge is 0.368 e. The summed E-state index contributed by atoms with van der Waals surface area (Å²) in [5.74, 6) is 1.13. The van der Waals surface area contributed by atoms with Crippen molar-refractivity contribution in [2.45, 2.75) is 38.2 Å². The van der Waals surface area contributed by atoms with Crippen LogP contribution in [0.4, 0.5) is 0 Å². The van der Waals surface area contributed by atoms with Crippen LogP contribution in [-0.2, 0) is 20.7 Å². The van der Waals surface area contributed by atoms with Gasteiger partial charge in [0.2, 0.25) is 11.8 Å². The molecule has 5 nitrogen and oxygen atoms in total. The normalized spacial score (nSPS) is 25.0. The van der Waals surface area contributed by atoms with Crippen molar-refractivity contribution in [2.75, 3.05) is 33.8 Å². The molecule has 2 fully saturated rings. The summed E-state index contributed by atoms with van der Waals surface area (Å²) < 4.78 is 5.95. The van der Waals surface area contributed by atoms with Crippen LogP contribution in [0.25, 0.3) is 0 Å². The average Bonchev–Trinajstić information content (AvgIpc) is 3.09. The maximum atomic E-state index is 12.6. The van der Waals surface area contributed by atoms with E-state index < -0.39 is 0 Å². The molecule has 1 unspecified atom stereocenters. The minimum Gasteiger partial charge on any atom is -0.368 e. The van der Waals surface area contributed by atoms with E-state index >= 15 is 0 Å². The van der Waals surface area contributed by atoms with Gasteiger partial charge in [-0.2, -0.15) is 0 Å². The zero-order chi connectivity index (χ0) is 18.5. The van der Waals surface area contributed by atoms with E-state index in [0.717, 1.165) is 38.8 Å². The van der Waals surface area contributed by atoms with Crippen LogP contribution in [0.15, 0.2) is 30.3 Å². The second kappa shape index (κ2) is 8.67. The molecule has 3 rings (SSSR count). The number of hydrogen-bond acceptors (Lipinski definition) is 3. The van der Waals surface area contributed by atoms with E-state index in [2.05, 4.69) is 12.1 Å². The Kier molecular flexibility index (Phi) is 6.30. The van der Waals surface area contributed by atoms with Crippen LogP contribution >= 0.6 is 0 Å². The van der Waals surface area contributed by atoms with Gasteiger partial charge in [-0.1, -0.05) is 36.8 Å². The summed E-state index contributed by atoms with van der Waals surface area (Å²) in [4.78, 5) is 28.0. The highest BCUT2D eigenvalue weighted by Gasteiger charge is 2.42. The monoisotopic (exact) mass is 358 g/mol. The molecule has 0 bridgehead atoms. The number of amides is 2. The number of likely N-dealkylation sites (tertiary alicyclic amines) is 1. The van der Waals surface area contributed by atoms with Gasteiger partial charge >= 0.3 is 0 Å². The molecule has 2 amide bonds. The number of rotatable bonds is 6. The highest BCUT2D eigenvalue weighted by molar-refractivity contribution is 5.77. The third-order valence-electron chi connectivity index (χ3n) is 5.78. The predicted molar refractivity (Wildman–Crippen MR) is 101 cm³/mol. The molecule has 1 aromatic rings. The molecule has 0 radical (unpaired) electrons. The summed E-state index contributed by atoms with van der Waals surface area (Å²) in [6, 6.07) is 10.2. The summed E-state index contributed by atoms with van der Waals surface area (Å²) in [6.45, 7) is 1.77. The lowest BCUT2D eigenvalue weighted by molar-refractivity contribution is -0.138. The molecular formula is C21H30N2O3. The standard InChI is InChI=1S/C21H30N2O3/c1-22(2)21(25)15-26-19-10-6-9-17-13-23(14-18(17)19)20(24)12-11-16-7-4-3-5-8-16/h3-5,7-8,17-19H,6,9-15H2,1-2H3/t17-,18+,19?/m1/s1. The Morgan fingerprint density at radius 3 is 2.65 bits per heavy atom. The van der Waals surface area contributed by atoms with Gasteiger partial charge in [-0.15, -0.1) is 0 Å². The molecule has 26 heavy (non-hydrogen) atoms. The van der Waals surface area contributed by atoms with Crippen LogP contribution < -0.4 is 0 Å². The number of carbonyl (C=O) groups is 2. The number of nitrogens with zero attached hydrogens (tertiary/aromatic N) is 2. The molecular weight excluding hydrogens is 328 g/mol. The molecule has 1 heterocycles. The Labute approximate surface area is 156 Å². The fourth-order valence-electron chi connectivity index (χ4n) is 4.19. The smallest absolute Gasteiger partial charge is 0.248 e. The number of carbonyl (C=O) groups excluding carboxylic acids is 2. The maximum Gasteiger partial charge on any atom is 0.248 e. The number of hydrogen-bond donors (Lipinski definition) is 0. The minimum absolute atomic E-state index is 0.000846. The minimum atomic E-state index is 0.000846. The van der Waals surface area contributed by atoms with Crippen LogP contribution in [0.1, 0.15) is 31.2 Å². The van der Waals surface area contributed by atoms with Crippen LogP contribution in [0, 0.1) is 11.8 Å². The molecule has 142 valence electrons. The Balaban J connectivity index is 1.51. The van der Waals surface area contributed by atoms with Crippen molar-refractivity contribution >= 4 is 11.8 Å². The van der Waals surface area contributed by atoms with Gasteiger partial charge in [0.25, 0.3) is 0 Å². The molecule has 1 aromatic carbocycles. The number of ether oxygens (including phenoxy) is 1. The Bertz CT molecular complexity index is 617. The number of benzene rings is 1. The number of aryl methyl sites for hydroxylation is 1. The first-order valence-electron chi connectivity index (χ1n) is 9.68. The van der Waals surface area contributed by atoms with Gasteiger partial charge in [0.15, 0.2) is 0 Å². The predicted octanol–water partition coefficient (Wildman–Crippen LogP) is 2.35. The van der Waals surface area contributed by atoms with Gasteiger partial charge in [0.05, 0.1) is 6.10 Å². The summed E-state index contributed by atoms with van der Waals surface area (Å²) >= 11 is 0. The third kappa shape index (κ3) is 4.64. The second-order valence-corrected chi connectivity index (χ2v) is 7.78. The lowest BCUT2D eigenvalue weighted by Crippen LogP contribution is -2.37. The molecule has 1 aliphatic carbocycles. The fraction of sp³-hybridized carbons (Fsp3) is 0.619. The van der Waals surface area contributed by atoms with Gasteiger partial charge in [-0.05, 0) is 30.7 Å². The zero-order valence-electron chi connectivity index (χ0n) is 15.9. The van der Waals surface area contributed by atoms with Gasteiger partial charge < -0.3 is 14.5 Å². The van der Waals surface area contributed by atoms with E-state index in [-0.39, 0.29) is 24.5 Å². The summed E-state index contributed by atoms with van der Waals surface area (Å²) in [5, 5.41) is 0. The van der Waals surface area contributed by atoms with Crippen molar-refractivity contribution < 1.29 is 14.3 Å². The molecule has 0 N–H and O–H groups in total. The van der Waals surface area contributed by atoms with Gasteiger partial charge in [-0.25, -0.2) is 0 Å². The molecule has 5 heteroatoms. The first-order valence-corrected chi connectivity index (χ1v) is 9.68. The summed E-state index contributed by atoms with van der Waals surface area (Å²) in [6.07, 6.45) is 4.73. The molecule has 2 aliphatic rings. The molecule has 0 aromatic heterocycles. The molecule has 1 saturated carbocycles. The third-order valence-corrected chi connectivity index (χ3v) is 5.78. The highest BCUT2D eigenvalue weighted by atomic mass is 16.5. The Morgan fingerprint density at radius 1 is 1.15 bits per heavy atom. The van der Waals surface area contributed by atoms with Crippen LogP contribution in [0.3, 0.4) is 0 Å². The topological polar surface area (TPSA) is 49.9 Å². The fourth-order valence-corrected chi connectivity index (χ4v) is 4.19. The SMILES string of the molecule is CN(C)C(=O)COC1CCC[C@@H]2CN(C(=O)CCc3ccccc3)C[C@H]12. The quantitative estimate of drug-likeness (QED) is 0.784. The van der Waals surface area contributed by atoms with E-state index in [1.54, 1.807) is 19.0 Å². The van der Waals surface area contributed by atoms with Gasteiger partial charge in [0.1, 0.15) is 6.61 Å². The zero-order valence-corrected chi connectivity index (χ0v) is 15.9. The molecule has 3 atom stereocenters. The van der Waals surface area contributed by atoms with Crippen LogP contribution in [0.2, 0.25) is 0 Å². The van der Waals surface area contributed by atoms with Crippen LogP contribution in [-0.4, -0.2) is 61.5 Å². The van der Waals surface area contributed by atoms with E-state index in [9.17, 15) is 9.59 Å². The Hall–Kier alpha value is -1.88. The highest BCUT2D eigenvalue weighted by Crippen LogP contribution is 2.38. The molecule has 1 saturated heterocycles. The van der Waals surface area contributed by atoms with Crippen molar-refractivity contribution in [3.8, 4) is 0 Å². The average molecular weight is 358 g/mol. The second-order valence-electron chi connectivity index (χ2n) is 7.78. The summed E-state index contributed by atoms with van der Waals surface area (Å²) in [7, 11) is 3.50. The Morgan fingerprint density at radius 2 is 1.92 bits per heavy atom. The van der Waals surface area contributed by atoms with Crippen molar-refractivity contribution in [1.82, 2.24) is 9.80 Å². The maximum absolute atomic E-state index is 12.6.